The van der Waals surface area contributed by atoms with Crippen LogP contribution in [0.2, 0.25) is 0 Å². The van der Waals surface area contributed by atoms with Gasteiger partial charge in [-0.25, -0.2) is 15.0 Å². The first-order valence-corrected chi connectivity index (χ1v) is 16.4. The van der Waals surface area contributed by atoms with E-state index in [1.165, 1.54) is 9.91 Å². The van der Waals surface area contributed by atoms with Gasteiger partial charge in [-0.3, -0.25) is 24.9 Å². The highest BCUT2D eigenvalue weighted by atomic mass is 16.7. The van der Waals surface area contributed by atoms with Gasteiger partial charge in [0.2, 0.25) is 17.8 Å². The normalized spacial score (nSPS) is 28.8. The fourth-order valence-electron chi connectivity index (χ4n) is 5.66. The highest BCUT2D eigenvalue weighted by Gasteiger charge is 2.46. The number of fused-ring (bicyclic) bond motifs is 4. The highest BCUT2D eigenvalue weighted by Crippen LogP contribution is 2.27. The number of amides is 3. The zero-order chi connectivity index (χ0) is 34.6. The molecule has 3 amide bonds. The Morgan fingerprint density at radius 1 is 1.06 bits per heavy atom. The number of nitrogens with zero attached hydrogens (tertiary/aromatic N) is 3. The van der Waals surface area contributed by atoms with Crippen LogP contribution < -0.4 is 16.1 Å². The van der Waals surface area contributed by atoms with E-state index in [1.807, 2.05) is 37.3 Å². The molecule has 14 nitrogen and oxygen atoms in total. The summed E-state index contributed by atoms with van der Waals surface area (Å²) in [5.41, 5.74) is 2.75. The first-order valence-electron chi connectivity index (χ1n) is 16.4. The number of nitrogens with one attached hydrogen (secondary N) is 3. The van der Waals surface area contributed by atoms with Crippen molar-refractivity contribution < 1.29 is 38.1 Å². The van der Waals surface area contributed by atoms with E-state index in [0.29, 0.717) is 30.6 Å². The van der Waals surface area contributed by atoms with Gasteiger partial charge in [-0.05, 0) is 78.2 Å². The number of pyridine rings is 1. The van der Waals surface area contributed by atoms with E-state index in [2.05, 4.69) is 16.1 Å². The van der Waals surface area contributed by atoms with Gasteiger partial charge in [0.15, 0.2) is 0 Å². The molecule has 2 aromatic rings. The number of esters is 1. The average Bonchev–Trinajstić information content (AvgIpc) is 3.05. The van der Waals surface area contributed by atoms with Gasteiger partial charge in [-0.2, -0.15) is 0 Å². The zero-order valence-corrected chi connectivity index (χ0v) is 28.4. The monoisotopic (exact) mass is 666 g/mol. The van der Waals surface area contributed by atoms with Crippen molar-refractivity contribution in [1.82, 2.24) is 31.0 Å². The van der Waals surface area contributed by atoms with E-state index in [1.54, 1.807) is 46.8 Å². The van der Waals surface area contributed by atoms with Crippen molar-refractivity contribution in [2.75, 3.05) is 33.0 Å². The van der Waals surface area contributed by atoms with E-state index in [-0.39, 0.29) is 38.2 Å². The fraction of sp³-hybridized carbons (Fsp3) is 0.559. The Hall–Kier alpha value is -4.11. The van der Waals surface area contributed by atoms with Gasteiger partial charge >= 0.3 is 12.1 Å². The summed E-state index contributed by atoms with van der Waals surface area (Å²) in [7, 11) is 0. The average molecular weight is 667 g/mol. The lowest BCUT2D eigenvalue weighted by Crippen LogP contribution is -2.60. The molecule has 1 aromatic heterocycles. The first-order chi connectivity index (χ1) is 22.7. The van der Waals surface area contributed by atoms with Crippen molar-refractivity contribution in [2.45, 2.75) is 90.0 Å². The Balaban J connectivity index is 1.47. The lowest BCUT2D eigenvalue weighted by Gasteiger charge is -2.39. The van der Waals surface area contributed by atoms with Gasteiger partial charge < -0.3 is 29.2 Å². The topological polar surface area (TPSA) is 161 Å². The van der Waals surface area contributed by atoms with Crippen LogP contribution in [0.5, 0.6) is 0 Å². The third kappa shape index (κ3) is 8.48. The minimum absolute atomic E-state index is 0.0622. The lowest BCUT2D eigenvalue weighted by atomic mass is 9.99. The lowest BCUT2D eigenvalue weighted by molar-refractivity contribution is -0.202. The molecule has 0 saturated carbocycles. The first kappa shape index (κ1) is 35.2. The van der Waals surface area contributed by atoms with Crippen LogP contribution in [0.15, 0.2) is 36.4 Å². The molecule has 5 rings (SSSR count). The van der Waals surface area contributed by atoms with Crippen LogP contribution in [-0.4, -0.2) is 101 Å². The number of hydrogen-bond acceptors (Lipinski definition) is 11. The number of carbonyl (C=O) groups is 4. The second-order valence-corrected chi connectivity index (χ2v) is 13.4. The Morgan fingerprint density at radius 3 is 2.60 bits per heavy atom. The molecule has 3 aliphatic heterocycles. The number of aromatic nitrogens is 1. The van der Waals surface area contributed by atoms with Gasteiger partial charge in [-0.1, -0.05) is 24.3 Å². The van der Waals surface area contributed by atoms with Gasteiger partial charge in [0.1, 0.15) is 18.4 Å². The molecule has 2 saturated heterocycles. The largest absolute Gasteiger partial charge is 0.444 e. The summed E-state index contributed by atoms with van der Waals surface area (Å²) in [5, 5.41) is 8.36. The Bertz CT molecular complexity index is 1560. The Labute approximate surface area is 280 Å². The molecule has 2 unspecified atom stereocenters. The minimum Gasteiger partial charge on any atom is -0.444 e. The maximum Gasteiger partial charge on any atom is 0.410 e. The third-order valence-corrected chi connectivity index (χ3v) is 8.35. The van der Waals surface area contributed by atoms with Crippen LogP contribution in [0.3, 0.4) is 0 Å². The molecule has 3 aliphatic rings. The molecule has 1 aromatic carbocycles. The molecule has 260 valence electrons. The second-order valence-electron chi connectivity index (χ2n) is 13.4. The summed E-state index contributed by atoms with van der Waals surface area (Å²) in [6, 6.07) is 7.82. The molecule has 0 radical (unpaired) electrons. The van der Waals surface area contributed by atoms with Crippen molar-refractivity contribution in [3.8, 4) is 0 Å². The summed E-state index contributed by atoms with van der Waals surface area (Å²) >= 11 is 0. The smallest absolute Gasteiger partial charge is 0.410 e. The second kappa shape index (κ2) is 14.6. The third-order valence-electron chi connectivity index (χ3n) is 8.35. The van der Waals surface area contributed by atoms with Crippen molar-refractivity contribution in [2.24, 2.45) is 0 Å². The number of rotatable bonds is 0. The van der Waals surface area contributed by atoms with E-state index in [4.69, 9.17) is 23.9 Å². The number of benzene rings is 1. The number of hydrazine groups is 1. The molecule has 3 N–H and O–H groups in total. The number of morpholine rings is 1. The minimum atomic E-state index is -1.67. The van der Waals surface area contributed by atoms with E-state index >= 15 is 0 Å². The van der Waals surface area contributed by atoms with E-state index < -0.39 is 47.7 Å². The Kier molecular flexibility index (Phi) is 10.7. The number of ether oxygens (including phenoxy) is 4. The molecule has 4 heterocycles. The summed E-state index contributed by atoms with van der Waals surface area (Å²) in [6.45, 7) is 10.9. The SMILES string of the molecule is CC1OCN[C@@H](C)C(=O)N2CCC[C@H](N2)C(=O)N[C@H](C)c2ccc3ccc(cc3n2)/C=C/C2(CN(C(=O)OC(C)(C)C)CCO2)C(=O)O1. The Morgan fingerprint density at radius 2 is 1.83 bits per heavy atom. The molecule has 14 heteroatoms. The molecule has 1 spiro atoms. The van der Waals surface area contributed by atoms with Crippen LogP contribution in [0.25, 0.3) is 17.0 Å². The van der Waals surface area contributed by atoms with Crippen molar-refractivity contribution in [1.29, 1.82) is 0 Å². The molecule has 48 heavy (non-hydrogen) atoms. The molecule has 5 bridgehead atoms. The van der Waals surface area contributed by atoms with Crippen molar-refractivity contribution >= 4 is 40.9 Å². The fourth-order valence-corrected chi connectivity index (χ4v) is 5.66. The van der Waals surface area contributed by atoms with Crippen LogP contribution in [-0.2, 0) is 33.3 Å². The van der Waals surface area contributed by atoms with Crippen molar-refractivity contribution in [3.63, 3.8) is 0 Å². The predicted molar refractivity (Wildman–Crippen MR) is 176 cm³/mol. The summed E-state index contributed by atoms with van der Waals surface area (Å²) in [6.07, 6.45) is 2.94. The molecule has 2 fully saturated rings. The van der Waals surface area contributed by atoms with Gasteiger partial charge in [-0.15, -0.1) is 0 Å². The highest BCUT2D eigenvalue weighted by molar-refractivity contribution is 5.87. The number of cyclic esters (lactones) is 1. The maximum absolute atomic E-state index is 13.8. The molecular weight excluding hydrogens is 620 g/mol. The standard InChI is InChI=1S/C34H46N6O8/c1-21-26-12-11-25-10-9-24(18-28(25)37-26)13-14-34(19-39(16-17-46-34)32(44)48-33(4,5)6)31(43)47-23(3)45-20-35-22(2)30(42)40-15-7-8-27(38-40)29(41)36-21/h9-14,18,21-23,27,35,38H,7-8,15-17,19-20H2,1-6H3,(H,36,41)/b14-13+/t21-,22+,23?,27+,34?/m1/s1. The van der Waals surface area contributed by atoms with Gasteiger partial charge in [0.25, 0.3) is 5.91 Å². The number of hydrogen-bond donors (Lipinski definition) is 3. The van der Waals surface area contributed by atoms with E-state index in [0.717, 1.165) is 10.9 Å². The van der Waals surface area contributed by atoms with Gasteiger partial charge in [0, 0.05) is 18.5 Å². The quantitative estimate of drug-likeness (QED) is 0.355. The summed E-state index contributed by atoms with van der Waals surface area (Å²) in [5.74, 6) is -1.23. The van der Waals surface area contributed by atoms with Crippen LogP contribution in [0.4, 0.5) is 4.79 Å². The zero-order valence-electron chi connectivity index (χ0n) is 28.4. The summed E-state index contributed by atoms with van der Waals surface area (Å²) < 4.78 is 23.1. The van der Waals surface area contributed by atoms with Crippen LogP contribution >= 0.6 is 0 Å². The van der Waals surface area contributed by atoms with Crippen molar-refractivity contribution in [3.05, 3.63) is 47.7 Å². The van der Waals surface area contributed by atoms with Crippen LogP contribution in [0, 0.1) is 0 Å². The van der Waals surface area contributed by atoms with Crippen LogP contribution in [0.1, 0.15) is 71.7 Å². The number of carbonyl (C=O) groups excluding carboxylic acids is 4. The van der Waals surface area contributed by atoms with E-state index in [9.17, 15) is 19.2 Å². The molecule has 0 aliphatic carbocycles. The molecule has 5 atom stereocenters. The predicted octanol–water partition coefficient (Wildman–Crippen LogP) is 2.78. The maximum atomic E-state index is 13.8. The molecular formula is C34H46N6O8. The van der Waals surface area contributed by atoms with Gasteiger partial charge in [0.05, 0.1) is 36.4 Å². The summed E-state index contributed by atoms with van der Waals surface area (Å²) in [4.78, 5) is 59.6.